The fourth-order valence-electron chi connectivity index (χ4n) is 0.988. The summed E-state index contributed by atoms with van der Waals surface area (Å²) in [6.45, 7) is 0. The van der Waals surface area contributed by atoms with Crippen molar-refractivity contribution in [1.82, 2.24) is 0 Å². The highest BCUT2D eigenvalue weighted by Gasteiger charge is 2.16. The van der Waals surface area contributed by atoms with Crippen molar-refractivity contribution in [3.05, 3.63) is 35.9 Å². The summed E-state index contributed by atoms with van der Waals surface area (Å²) in [5.41, 5.74) is 0.778. The fraction of sp³-hybridized carbons (Fsp3) is 0.222. The van der Waals surface area contributed by atoms with E-state index in [0.29, 0.717) is 0 Å². The molecule has 0 spiro atoms. The highest BCUT2D eigenvalue weighted by atomic mass is 35.5. The van der Waals surface area contributed by atoms with Gasteiger partial charge in [0.25, 0.3) is 5.24 Å². The molecule has 0 saturated carbocycles. The molecule has 1 atom stereocenters. The Kier molecular flexibility index (Phi) is 3.26. The van der Waals surface area contributed by atoms with Crippen molar-refractivity contribution in [2.45, 2.75) is 6.10 Å². The van der Waals surface area contributed by atoms with Crippen LogP contribution in [0.2, 0.25) is 0 Å². The van der Waals surface area contributed by atoms with Gasteiger partial charge in [0, 0.05) is 7.11 Å². The largest absolute Gasteiger partial charge is 0.368 e. The Bertz CT molecular complexity index is 258. The second-order valence-corrected chi connectivity index (χ2v) is 2.70. The molecule has 0 unspecified atom stereocenters. The van der Waals surface area contributed by atoms with Gasteiger partial charge in [-0.3, -0.25) is 4.79 Å². The molecule has 0 aromatic heterocycles. The number of ether oxygens (including phenoxy) is 1. The van der Waals surface area contributed by atoms with E-state index in [1.807, 2.05) is 18.2 Å². The minimum Gasteiger partial charge on any atom is -0.368 e. The lowest BCUT2D eigenvalue weighted by Gasteiger charge is -2.09. The van der Waals surface area contributed by atoms with Crippen LogP contribution in [0.3, 0.4) is 0 Å². The summed E-state index contributed by atoms with van der Waals surface area (Å²) >= 11 is 5.31. The van der Waals surface area contributed by atoms with Crippen molar-refractivity contribution < 1.29 is 9.53 Å². The third kappa shape index (κ3) is 2.06. The molecule has 0 amide bonds. The van der Waals surface area contributed by atoms with Crippen molar-refractivity contribution in [3.8, 4) is 0 Å². The van der Waals surface area contributed by atoms with Gasteiger partial charge in [-0.05, 0) is 17.2 Å². The topological polar surface area (TPSA) is 26.3 Å². The SMILES string of the molecule is CO[C@H](C(=O)Cl)c1ccccc1. The zero-order valence-corrected chi connectivity index (χ0v) is 7.41. The van der Waals surface area contributed by atoms with E-state index >= 15 is 0 Å². The van der Waals surface area contributed by atoms with Crippen molar-refractivity contribution in [2.75, 3.05) is 7.11 Å². The third-order valence-electron chi connectivity index (χ3n) is 1.54. The van der Waals surface area contributed by atoms with Crippen LogP contribution in [0.1, 0.15) is 11.7 Å². The predicted molar refractivity (Wildman–Crippen MR) is 47.1 cm³/mol. The Hall–Kier alpha value is -0.860. The van der Waals surface area contributed by atoms with Gasteiger partial charge >= 0.3 is 0 Å². The zero-order chi connectivity index (χ0) is 8.97. The fourth-order valence-corrected chi connectivity index (χ4v) is 1.20. The monoisotopic (exact) mass is 184 g/mol. The van der Waals surface area contributed by atoms with Gasteiger partial charge in [-0.1, -0.05) is 30.3 Å². The minimum atomic E-state index is -0.645. The molecule has 64 valence electrons. The molecule has 0 bridgehead atoms. The molecule has 1 aromatic carbocycles. The number of carbonyl (C=O) groups excluding carboxylic acids is 1. The second-order valence-electron chi connectivity index (χ2n) is 2.33. The number of rotatable bonds is 3. The molecule has 1 aromatic rings. The van der Waals surface area contributed by atoms with Crippen molar-refractivity contribution in [3.63, 3.8) is 0 Å². The molecular formula is C9H9ClO2. The molecule has 0 radical (unpaired) electrons. The molecular weight excluding hydrogens is 176 g/mol. The van der Waals surface area contributed by atoms with Crippen LogP contribution >= 0.6 is 11.6 Å². The van der Waals surface area contributed by atoms with E-state index in [-0.39, 0.29) is 0 Å². The van der Waals surface area contributed by atoms with E-state index in [1.165, 1.54) is 7.11 Å². The summed E-state index contributed by atoms with van der Waals surface area (Å²) in [7, 11) is 1.46. The molecule has 0 aliphatic rings. The number of hydrogen-bond donors (Lipinski definition) is 0. The maximum Gasteiger partial charge on any atom is 0.255 e. The van der Waals surface area contributed by atoms with Gasteiger partial charge in [0.05, 0.1) is 0 Å². The highest BCUT2D eigenvalue weighted by Crippen LogP contribution is 2.18. The molecule has 0 N–H and O–H groups in total. The lowest BCUT2D eigenvalue weighted by atomic mass is 10.1. The average Bonchev–Trinajstić information content (AvgIpc) is 2.07. The van der Waals surface area contributed by atoms with Gasteiger partial charge in [-0.15, -0.1) is 0 Å². The first-order valence-corrected chi connectivity index (χ1v) is 3.90. The van der Waals surface area contributed by atoms with E-state index in [2.05, 4.69) is 0 Å². The lowest BCUT2D eigenvalue weighted by molar-refractivity contribution is -0.121. The Labute approximate surface area is 76.1 Å². The molecule has 1 rings (SSSR count). The lowest BCUT2D eigenvalue weighted by Crippen LogP contribution is -2.08. The zero-order valence-electron chi connectivity index (χ0n) is 6.66. The molecule has 12 heavy (non-hydrogen) atoms. The summed E-state index contributed by atoms with van der Waals surface area (Å²) in [6, 6.07) is 9.14. The van der Waals surface area contributed by atoms with E-state index < -0.39 is 11.3 Å². The Morgan fingerprint density at radius 1 is 1.42 bits per heavy atom. The van der Waals surface area contributed by atoms with Gasteiger partial charge in [0.15, 0.2) is 6.10 Å². The van der Waals surface area contributed by atoms with E-state index in [0.717, 1.165) is 5.56 Å². The van der Waals surface area contributed by atoms with Crippen molar-refractivity contribution >= 4 is 16.8 Å². The first kappa shape index (κ1) is 9.23. The van der Waals surface area contributed by atoms with Gasteiger partial charge < -0.3 is 4.74 Å². The summed E-state index contributed by atoms with van der Waals surface area (Å²) in [6.07, 6.45) is -0.645. The molecule has 0 saturated heterocycles. The Morgan fingerprint density at radius 2 is 2.00 bits per heavy atom. The number of methoxy groups -OCH3 is 1. The summed E-state index contributed by atoms with van der Waals surface area (Å²) in [5.74, 6) is 0. The number of halogens is 1. The normalized spacial score (nSPS) is 12.5. The molecule has 2 nitrogen and oxygen atoms in total. The van der Waals surface area contributed by atoms with Crippen LogP contribution < -0.4 is 0 Å². The molecule has 0 fully saturated rings. The molecule has 0 aliphatic carbocycles. The van der Waals surface area contributed by atoms with Crippen molar-refractivity contribution in [2.24, 2.45) is 0 Å². The van der Waals surface area contributed by atoms with Gasteiger partial charge in [0.2, 0.25) is 0 Å². The van der Waals surface area contributed by atoms with E-state index in [9.17, 15) is 4.79 Å². The highest BCUT2D eigenvalue weighted by molar-refractivity contribution is 6.64. The first-order valence-electron chi connectivity index (χ1n) is 3.53. The third-order valence-corrected chi connectivity index (χ3v) is 1.74. The quantitative estimate of drug-likeness (QED) is 0.673. The molecule has 0 aliphatic heterocycles. The van der Waals surface area contributed by atoms with Crippen LogP contribution in [-0.4, -0.2) is 12.4 Å². The van der Waals surface area contributed by atoms with E-state index in [1.54, 1.807) is 12.1 Å². The van der Waals surface area contributed by atoms with Crippen molar-refractivity contribution in [1.29, 1.82) is 0 Å². The van der Waals surface area contributed by atoms with Crippen LogP contribution in [0.15, 0.2) is 30.3 Å². The predicted octanol–water partition coefficient (Wildman–Crippen LogP) is 2.14. The smallest absolute Gasteiger partial charge is 0.255 e. The van der Waals surface area contributed by atoms with Crippen LogP contribution in [-0.2, 0) is 9.53 Å². The summed E-state index contributed by atoms with van der Waals surface area (Å²) < 4.78 is 4.92. The second kappa shape index (κ2) is 4.24. The minimum absolute atomic E-state index is 0.497. The first-order chi connectivity index (χ1) is 5.75. The van der Waals surface area contributed by atoms with Crippen LogP contribution in [0.25, 0.3) is 0 Å². The maximum absolute atomic E-state index is 10.8. The summed E-state index contributed by atoms with van der Waals surface area (Å²) in [4.78, 5) is 10.8. The summed E-state index contributed by atoms with van der Waals surface area (Å²) in [5, 5.41) is -0.497. The standard InChI is InChI=1S/C9H9ClO2/c1-12-8(9(10)11)7-5-3-2-4-6-7/h2-6,8H,1H3/t8-/m0/s1. The van der Waals surface area contributed by atoms with Gasteiger partial charge in [0.1, 0.15) is 0 Å². The maximum atomic E-state index is 10.8. The van der Waals surface area contributed by atoms with Gasteiger partial charge in [-0.2, -0.15) is 0 Å². The number of carbonyl (C=O) groups is 1. The number of benzene rings is 1. The Morgan fingerprint density at radius 3 is 2.42 bits per heavy atom. The van der Waals surface area contributed by atoms with Crippen LogP contribution in [0.5, 0.6) is 0 Å². The number of hydrogen-bond acceptors (Lipinski definition) is 2. The molecule has 3 heteroatoms. The molecule has 0 heterocycles. The van der Waals surface area contributed by atoms with Crippen LogP contribution in [0, 0.1) is 0 Å². The van der Waals surface area contributed by atoms with Gasteiger partial charge in [-0.25, -0.2) is 0 Å². The van der Waals surface area contributed by atoms with Crippen LogP contribution in [0.4, 0.5) is 0 Å². The Balaban J connectivity index is 2.88. The average molecular weight is 185 g/mol. The van der Waals surface area contributed by atoms with E-state index in [4.69, 9.17) is 16.3 Å².